The molecule has 0 aromatic rings. The maximum atomic E-state index is 11.4. The summed E-state index contributed by atoms with van der Waals surface area (Å²) in [6.07, 6.45) is 1.35. The van der Waals surface area contributed by atoms with Gasteiger partial charge in [0.2, 0.25) is 0 Å². The van der Waals surface area contributed by atoms with E-state index in [-0.39, 0.29) is 17.1 Å². The van der Waals surface area contributed by atoms with E-state index in [2.05, 4.69) is 32.7 Å². The van der Waals surface area contributed by atoms with Gasteiger partial charge >= 0.3 is 5.97 Å². The number of carbonyl (C=O) groups excluding carboxylic acids is 1. The van der Waals surface area contributed by atoms with Crippen molar-refractivity contribution in [1.82, 2.24) is 4.90 Å². The molecular formula is C13H27NO2. The van der Waals surface area contributed by atoms with Crippen molar-refractivity contribution in [2.45, 2.75) is 65.5 Å². The van der Waals surface area contributed by atoms with Gasteiger partial charge in [0.05, 0.1) is 0 Å². The third kappa shape index (κ3) is 7.69. The van der Waals surface area contributed by atoms with E-state index in [0.29, 0.717) is 6.42 Å². The van der Waals surface area contributed by atoms with Crippen molar-refractivity contribution in [2.24, 2.45) is 0 Å². The van der Waals surface area contributed by atoms with Gasteiger partial charge in [-0.15, -0.1) is 0 Å². The number of esters is 1. The first-order chi connectivity index (χ1) is 7.02. The molecule has 0 aromatic heterocycles. The molecule has 0 rings (SSSR count). The fraction of sp³-hybridized carbons (Fsp3) is 0.923. The molecule has 0 aliphatic heterocycles. The van der Waals surface area contributed by atoms with E-state index in [9.17, 15) is 4.79 Å². The number of nitrogens with zero attached hydrogens (tertiary/aromatic N) is 1. The van der Waals surface area contributed by atoms with Crippen molar-refractivity contribution in [3.8, 4) is 0 Å². The van der Waals surface area contributed by atoms with Crippen LogP contribution in [-0.2, 0) is 9.53 Å². The molecule has 0 N–H and O–H groups in total. The Morgan fingerprint density at radius 1 is 1.12 bits per heavy atom. The SMILES string of the molecule is CN(CCCC(=O)OC(C)(C)C)C(C)(C)C. The molecule has 0 amide bonds. The molecule has 0 spiro atoms. The van der Waals surface area contributed by atoms with Crippen LogP contribution in [0.3, 0.4) is 0 Å². The van der Waals surface area contributed by atoms with Crippen LogP contribution >= 0.6 is 0 Å². The highest BCUT2D eigenvalue weighted by Crippen LogP contribution is 2.13. The predicted octanol–water partition coefficient (Wildman–Crippen LogP) is 2.84. The Morgan fingerprint density at radius 2 is 1.62 bits per heavy atom. The molecule has 0 unspecified atom stereocenters. The topological polar surface area (TPSA) is 29.5 Å². The van der Waals surface area contributed by atoms with Gasteiger partial charge in [-0.05, 0) is 61.6 Å². The normalized spacial score (nSPS) is 13.0. The van der Waals surface area contributed by atoms with Crippen LogP contribution in [-0.4, -0.2) is 35.6 Å². The first-order valence-electron chi connectivity index (χ1n) is 5.95. The van der Waals surface area contributed by atoms with E-state index in [1.165, 1.54) is 0 Å². The van der Waals surface area contributed by atoms with Crippen LogP contribution in [0.5, 0.6) is 0 Å². The van der Waals surface area contributed by atoms with Crippen molar-refractivity contribution in [3.05, 3.63) is 0 Å². The molecule has 0 bridgehead atoms. The quantitative estimate of drug-likeness (QED) is 0.694. The minimum Gasteiger partial charge on any atom is -0.460 e. The lowest BCUT2D eigenvalue weighted by molar-refractivity contribution is -0.155. The molecular weight excluding hydrogens is 202 g/mol. The van der Waals surface area contributed by atoms with E-state index in [0.717, 1.165) is 13.0 Å². The zero-order valence-corrected chi connectivity index (χ0v) is 11.9. The molecule has 0 aromatic carbocycles. The second kappa shape index (κ2) is 5.67. The molecule has 0 heterocycles. The summed E-state index contributed by atoms with van der Waals surface area (Å²) in [6, 6.07) is 0. The minimum absolute atomic E-state index is 0.102. The summed E-state index contributed by atoms with van der Waals surface area (Å²) >= 11 is 0. The highest BCUT2D eigenvalue weighted by Gasteiger charge is 2.18. The molecule has 0 aliphatic rings. The van der Waals surface area contributed by atoms with Gasteiger partial charge in [0.1, 0.15) is 5.60 Å². The number of carbonyl (C=O) groups is 1. The zero-order valence-electron chi connectivity index (χ0n) is 11.9. The van der Waals surface area contributed by atoms with Gasteiger partial charge in [-0.1, -0.05) is 0 Å². The van der Waals surface area contributed by atoms with Crippen molar-refractivity contribution < 1.29 is 9.53 Å². The predicted molar refractivity (Wildman–Crippen MR) is 67.5 cm³/mol. The van der Waals surface area contributed by atoms with E-state index in [4.69, 9.17) is 4.74 Å². The van der Waals surface area contributed by atoms with Crippen LogP contribution in [0.4, 0.5) is 0 Å². The highest BCUT2D eigenvalue weighted by molar-refractivity contribution is 5.69. The van der Waals surface area contributed by atoms with Crippen LogP contribution in [0.1, 0.15) is 54.4 Å². The van der Waals surface area contributed by atoms with Crippen molar-refractivity contribution >= 4 is 5.97 Å². The van der Waals surface area contributed by atoms with Crippen molar-refractivity contribution in [3.63, 3.8) is 0 Å². The minimum atomic E-state index is -0.368. The summed E-state index contributed by atoms with van der Waals surface area (Å²) in [5, 5.41) is 0. The van der Waals surface area contributed by atoms with Crippen molar-refractivity contribution in [1.29, 1.82) is 0 Å². The Labute approximate surface area is 100 Å². The molecule has 0 saturated carbocycles. The Morgan fingerprint density at radius 3 is 2.00 bits per heavy atom. The second-order valence-electron chi connectivity index (χ2n) is 6.28. The average Bonchev–Trinajstić information content (AvgIpc) is 1.98. The summed E-state index contributed by atoms with van der Waals surface area (Å²) in [4.78, 5) is 13.7. The maximum absolute atomic E-state index is 11.4. The Balaban J connectivity index is 3.79. The van der Waals surface area contributed by atoms with Gasteiger partial charge in [0, 0.05) is 12.0 Å². The molecule has 0 radical (unpaired) electrons. The first kappa shape index (κ1) is 15.4. The van der Waals surface area contributed by atoms with Crippen LogP contribution in [0, 0.1) is 0 Å². The van der Waals surface area contributed by atoms with Gasteiger partial charge in [0.15, 0.2) is 0 Å². The highest BCUT2D eigenvalue weighted by atomic mass is 16.6. The maximum Gasteiger partial charge on any atom is 0.306 e. The summed E-state index contributed by atoms with van der Waals surface area (Å²) in [5.74, 6) is -0.102. The lowest BCUT2D eigenvalue weighted by atomic mass is 10.1. The van der Waals surface area contributed by atoms with E-state index in [1.807, 2.05) is 20.8 Å². The number of ether oxygens (including phenoxy) is 1. The van der Waals surface area contributed by atoms with Crippen molar-refractivity contribution in [2.75, 3.05) is 13.6 Å². The number of rotatable bonds is 4. The fourth-order valence-electron chi connectivity index (χ4n) is 1.19. The van der Waals surface area contributed by atoms with Gasteiger partial charge in [-0.3, -0.25) is 4.79 Å². The van der Waals surface area contributed by atoms with Gasteiger partial charge < -0.3 is 9.64 Å². The third-order valence-corrected chi connectivity index (χ3v) is 2.44. The molecule has 3 nitrogen and oxygen atoms in total. The molecule has 0 atom stereocenters. The smallest absolute Gasteiger partial charge is 0.306 e. The van der Waals surface area contributed by atoms with E-state index >= 15 is 0 Å². The lowest BCUT2D eigenvalue weighted by Crippen LogP contribution is -2.38. The largest absolute Gasteiger partial charge is 0.460 e. The van der Waals surface area contributed by atoms with Gasteiger partial charge in [-0.25, -0.2) is 0 Å². The zero-order chi connectivity index (χ0) is 13.0. The molecule has 0 aliphatic carbocycles. The molecule has 3 heteroatoms. The Hall–Kier alpha value is -0.570. The summed E-state index contributed by atoms with van der Waals surface area (Å²) < 4.78 is 5.25. The molecule has 96 valence electrons. The molecule has 0 saturated heterocycles. The summed E-state index contributed by atoms with van der Waals surface area (Å²) in [7, 11) is 2.08. The van der Waals surface area contributed by atoms with Crippen LogP contribution in [0.25, 0.3) is 0 Å². The van der Waals surface area contributed by atoms with Crippen LogP contribution < -0.4 is 0 Å². The number of hydrogen-bond donors (Lipinski definition) is 0. The third-order valence-electron chi connectivity index (χ3n) is 2.44. The average molecular weight is 229 g/mol. The summed E-state index contributed by atoms with van der Waals surface area (Å²) in [6.45, 7) is 13.1. The van der Waals surface area contributed by atoms with Gasteiger partial charge in [-0.2, -0.15) is 0 Å². The molecule has 0 fully saturated rings. The summed E-state index contributed by atoms with van der Waals surface area (Å²) in [5.41, 5.74) is -0.207. The Kier molecular flexibility index (Phi) is 5.47. The van der Waals surface area contributed by atoms with E-state index in [1.54, 1.807) is 0 Å². The molecule has 16 heavy (non-hydrogen) atoms. The first-order valence-corrected chi connectivity index (χ1v) is 5.95. The van der Waals surface area contributed by atoms with Crippen LogP contribution in [0.15, 0.2) is 0 Å². The fourth-order valence-corrected chi connectivity index (χ4v) is 1.19. The van der Waals surface area contributed by atoms with Gasteiger partial charge in [0.25, 0.3) is 0 Å². The number of hydrogen-bond acceptors (Lipinski definition) is 3. The Bertz CT molecular complexity index is 223. The second-order valence-corrected chi connectivity index (χ2v) is 6.28. The van der Waals surface area contributed by atoms with E-state index < -0.39 is 0 Å². The van der Waals surface area contributed by atoms with Crippen LogP contribution in [0.2, 0.25) is 0 Å². The standard InChI is InChI=1S/C13H27NO2/c1-12(2,3)14(7)10-8-9-11(15)16-13(4,5)6/h8-10H2,1-7H3. The lowest BCUT2D eigenvalue weighted by Gasteiger charge is -2.31. The monoisotopic (exact) mass is 229 g/mol.